The highest BCUT2D eigenvalue weighted by atomic mass is 35.6. The fraction of sp³-hybridized carbons (Fsp3) is 0.415. The molecular weight excluding hydrogens is 1330 g/mol. The number of hydrogen-bond donors (Lipinski definition) is 0. The molecule has 0 saturated carbocycles. The van der Waals surface area contributed by atoms with Gasteiger partial charge >= 0.3 is 12.2 Å². The summed E-state index contributed by atoms with van der Waals surface area (Å²) in [6, 6.07) is 26.6. The van der Waals surface area contributed by atoms with Crippen molar-refractivity contribution in [3.63, 3.8) is 0 Å². The van der Waals surface area contributed by atoms with E-state index in [0.717, 1.165) is 21.8 Å². The average molecular weight is 1400 g/mol. The van der Waals surface area contributed by atoms with E-state index in [4.69, 9.17) is 107 Å². The van der Waals surface area contributed by atoms with Crippen LogP contribution < -0.4 is 19.3 Å². The molecule has 0 N–H and O–H groups in total. The first-order valence-electron chi connectivity index (χ1n) is 29.5. The minimum Gasteiger partial charge on any atom is -0.497 e. The zero-order chi connectivity index (χ0) is 65.9. The normalized spacial score (nSPS) is 20.5. The van der Waals surface area contributed by atoms with Gasteiger partial charge in [-0.2, -0.15) is 0 Å². The lowest BCUT2D eigenvalue weighted by Gasteiger charge is -2.45. The van der Waals surface area contributed by atoms with Crippen molar-refractivity contribution >= 4 is 155 Å². The third kappa shape index (κ3) is 14.2. The summed E-state index contributed by atoms with van der Waals surface area (Å²) < 4.78 is 48.3. The van der Waals surface area contributed by atoms with Crippen molar-refractivity contribution in [3.05, 3.63) is 144 Å². The summed E-state index contributed by atoms with van der Waals surface area (Å²) in [5.41, 5.74) is 4.63. The first kappa shape index (κ1) is 68.1. The molecular formula is C65H72Cl6N6O12Si2. The molecule has 26 heteroatoms. The van der Waals surface area contributed by atoms with Gasteiger partial charge in [0.05, 0.1) is 47.8 Å². The number of carbonyl (C=O) groups is 4. The zero-order valence-corrected chi connectivity index (χ0v) is 58.9. The maximum absolute atomic E-state index is 15.6. The zero-order valence-electron chi connectivity index (χ0n) is 52.4. The summed E-state index contributed by atoms with van der Waals surface area (Å²) in [6.07, 6.45) is 0.643. The molecule has 2 aromatic heterocycles. The van der Waals surface area contributed by atoms with Gasteiger partial charge in [-0.15, -0.1) is 0 Å². The van der Waals surface area contributed by atoms with Crippen molar-refractivity contribution in [3.8, 4) is 11.5 Å². The summed E-state index contributed by atoms with van der Waals surface area (Å²) in [6.45, 7) is 19.3. The van der Waals surface area contributed by atoms with Crippen LogP contribution in [0.3, 0.4) is 0 Å². The topological polar surface area (TPSA) is 181 Å². The Kier molecular flexibility index (Phi) is 19.6. The van der Waals surface area contributed by atoms with Crippen molar-refractivity contribution in [1.82, 2.24) is 19.8 Å². The Morgan fingerprint density at radius 2 is 0.923 bits per heavy atom. The van der Waals surface area contributed by atoms with Crippen molar-refractivity contribution in [2.75, 3.05) is 50.4 Å². The largest absolute Gasteiger partial charge is 0.497 e. The van der Waals surface area contributed by atoms with Crippen LogP contribution in [0.5, 0.6) is 11.5 Å². The van der Waals surface area contributed by atoms with Gasteiger partial charge in [0, 0.05) is 59.9 Å². The van der Waals surface area contributed by atoms with Crippen LogP contribution in [0.1, 0.15) is 79.8 Å². The van der Waals surface area contributed by atoms with Crippen LogP contribution >= 0.6 is 69.6 Å². The Bertz CT molecular complexity index is 3610. The summed E-state index contributed by atoms with van der Waals surface area (Å²) >= 11 is 37.4. The molecule has 484 valence electrons. The van der Waals surface area contributed by atoms with E-state index in [9.17, 15) is 0 Å². The molecule has 10 rings (SSSR count). The second-order valence-electron chi connectivity index (χ2n) is 25.7. The number of alkyl halides is 6. The predicted molar refractivity (Wildman–Crippen MR) is 362 cm³/mol. The molecule has 6 heterocycles. The van der Waals surface area contributed by atoms with Crippen LogP contribution in [0.25, 0.3) is 33.0 Å². The molecule has 0 radical (unpaired) electrons. The summed E-state index contributed by atoms with van der Waals surface area (Å²) in [5, 5.41) is 0.788. The molecule has 4 aliphatic heterocycles. The number of fused-ring (bicyclic) bond motifs is 6. The Morgan fingerprint density at radius 1 is 0.538 bits per heavy atom. The first-order chi connectivity index (χ1) is 42.7. The van der Waals surface area contributed by atoms with Gasteiger partial charge in [-0.25, -0.2) is 19.4 Å². The van der Waals surface area contributed by atoms with Crippen molar-refractivity contribution < 1.29 is 56.5 Å². The van der Waals surface area contributed by atoms with Gasteiger partial charge < -0.3 is 47.1 Å². The Hall–Kier alpha value is -5.73. The Balaban J connectivity index is 1.08. The molecule has 0 aliphatic carbocycles. The molecule has 18 nitrogen and oxygen atoms in total. The molecule has 4 unspecified atom stereocenters. The second-order valence-corrected chi connectivity index (χ2v) is 40.3. The summed E-state index contributed by atoms with van der Waals surface area (Å²) in [4.78, 5) is 76.2. The summed E-state index contributed by atoms with van der Waals surface area (Å²) in [5.74, 6) is -0.266. The lowest BCUT2D eigenvalue weighted by Crippen LogP contribution is -2.61. The highest BCUT2D eigenvalue weighted by Gasteiger charge is 2.57. The average Bonchev–Trinajstić information content (AvgIpc) is 1.59. The quantitative estimate of drug-likeness (QED) is 0.0507. The van der Waals surface area contributed by atoms with E-state index in [0.29, 0.717) is 33.8 Å². The second kappa shape index (κ2) is 26.2. The van der Waals surface area contributed by atoms with E-state index in [1.165, 1.54) is 24.0 Å². The standard InChI is InChI=1S/C65H72Cl6N6O12Si2/c1-62(2,3)90(9,10)88-58-52-54(46(38-18-22-48-40(30-38)16-13-26-72-48)34-74(52)56(78)44-32-42(82-7)20-24-50(44)76(58)60(80)86-36-64(66,67)68)84-28-15-29-85-55-47(39-19-23-49-41(31-39)17-14-27-73-49)35-75-53(55)59(89-91(11,12)63(4,5)6)77(61(81)87-37-65(69,70)71)51-25-21-43(83-8)33-45(51)57(75)79/h13-14,16-27,30-35,52-55,58-59H,15,28-29,36-37H2,1-12H3/t52-,53?,54?,55?,58-,59?/m0/s1. The fourth-order valence-electron chi connectivity index (χ4n) is 11.0. The third-order valence-corrected chi connectivity index (χ3v) is 27.2. The summed E-state index contributed by atoms with van der Waals surface area (Å²) in [7, 11) is -2.96. The smallest absolute Gasteiger partial charge is 0.416 e. The van der Waals surface area contributed by atoms with Crippen molar-refractivity contribution in [2.24, 2.45) is 0 Å². The fourth-order valence-corrected chi connectivity index (χ4v) is 13.8. The molecule has 0 bridgehead atoms. The van der Waals surface area contributed by atoms with Gasteiger partial charge in [-0.3, -0.25) is 19.6 Å². The lowest BCUT2D eigenvalue weighted by molar-refractivity contribution is -0.0248. The van der Waals surface area contributed by atoms with E-state index in [-0.39, 0.29) is 42.1 Å². The number of rotatable bonds is 16. The van der Waals surface area contributed by atoms with Crippen LogP contribution in [0, 0.1) is 0 Å². The third-order valence-electron chi connectivity index (χ3n) is 17.7. The molecule has 0 fully saturated rings. The lowest BCUT2D eigenvalue weighted by atomic mass is 9.96. The van der Waals surface area contributed by atoms with Crippen LogP contribution in [-0.4, -0.2) is 145 Å². The molecule has 4 aliphatic rings. The number of amides is 4. The van der Waals surface area contributed by atoms with E-state index < -0.39 is 108 Å². The van der Waals surface area contributed by atoms with E-state index in [2.05, 4.69) is 51.5 Å². The van der Waals surface area contributed by atoms with Crippen LogP contribution in [-0.2, 0) is 27.8 Å². The Morgan fingerprint density at radius 3 is 1.27 bits per heavy atom. The van der Waals surface area contributed by atoms with Gasteiger partial charge in [0.25, 0.3) is 11.8 Å². The van der Waals surface area contributed by atoms with E-state index in [1.54, 1.807) is 71.0 Å². The highest BCUT2D eigenvalue weighted by molar-refractivity contribution is 6.74. The van der Waals surface area contributed by atoms with Gasteiger partial charge in [0.2, 0.25) is 7.59 Å². The maximum Gasteiger partial charge on any atom is 0.416 e. The minimum absolute atomic E-state index is 0.00764. The monoisotopic (exact) mass is 1390 g/mol. The number of methoxy groups -OCH3 is 2. The van der Waals surface area contributed by atoms with Gasteiger partial charge in [0.15, 0.2) is 29.1 Å². The van der Waals surface area contributed by atoms with Gasteiger partial charge in [0.1, 0.15) is 49.0 Å². The number of nitrogens with zero attached hydrogens (tertiary/aromatic N) is 6. The number of ether oxygens (including phenoxy) is 6. The Labute approximate surface area is 561 Å². The van der Waals surface area contributed by atoms with Gasteiger partial charge in [-0.05, 0) is 127 Å². The maximum atomic E-state index is 15.6. The van der Waals surface area contributed by atoms with Crippen LogP contribution in [0.2, 0.25) is 36.3 Å². The van der Waals surface area contributed by atoms with Gasteiger partial charge in [-0.1, -0.05) is 135 Å². The van der Waals surface area contributed by atoms with Crippen molar-refractivity contribution in [1.29, 1.82) is 0 Å². The molecule has 0 saturated heterocycles. The SMILES string of the molecule is COc1ccc2c(c1)C(=O)N1C=C(c3ccc4ncccc4c3)C(OCCCOC3C(c4ccc5ncccc5c4)=CN4C(=O)c5cc(OC)ccc5N(C(=O)OCC(Cl)(Cl)Cl)[C@@H](O[Si](C)(C)C(C)(C)C)[C@H]34)C1C(O[Si](C)(C)C(C)(C)C)N2C(=O)OCC(Cl)(Cl)Cl. The van der Waals surface area contributed by atoms with E-state index >= 15 is 19.2 Å². The number of hydrogen-bond acceptors (Lipinski definition) is 14. The number of halogens is 6. The van der Waals surface area contributed by atoms with Crippen LogP contribution in [0.15, 0.2) is 122 Å². The molecule has 91 heavy (non-hydrogen) atoms. The number of carbonyl (C=O) groups excluding carboxylic acids is 4. The molecule has 4 amide bonds. The van der Waals surface area contributed by atoms with Crippen LogP contribution in [0.4, 0.5) is 21.0 Å². The number of anilines is 2. The number of benzene rings is 4. The highest BCUT2D eigenvalue weighted by Crippen LogP contribution is 2.49. The van der Waals surface area contributed by atoms with E-state index in [1.807, 2.05) is 86.9 Å². The molecule has 4 aromatic carbocycles. The number of aromatic nitrogens is 2. The predicted octanol–water partition coefficient (Wildman–Crippen LogP) is 15.7. The first-order valence-corrected chi connectivity index (χ1v) is 37.6. The molecule has 6 atom stereocenters. The minimum atomic E-state index is -2.96. The number of pyridine rings is 2. The molecule has 0 spiro atoms. The van der Waals surface area contributed by atoms with Crippen molar-refractivity contribution in [2.45, 2.75) is 129 Å². The molecule has 6 aromatic rings.